The van der Waals surface area contributed by atoms with Crippen molar-refractivity contribution in [2.24, 2.45) is 0 Å². The van der Waals surface area contributed by atoms with Crippen LogP contribution < -0.4 is 14.3 Å². The summed E-state index contributed by atoms with van der Waals surface area (Å²) >= 11 is 0. The van der Waals surface area contributed by atoms with Crippen LogP contribution in [0.1, 0.15) is 58.7 Å². The molecular formula is C36H48BNO3. The van der Waals surface area contributed by atoms with E-state index in [4.69, 9.17) is 9.31 Å². The molecule has 41 heavy (non-hydrogen) atoms. The fourth-order valence-corrected chi connectivity index (χ4v) is 5.53. The molecule has 0 bridgehead atoms. The Morgan fingerprint density at radius 3 is 1.90 bits per heavy atom. The quantitative estimate of drug-likeness (QED) is 0.165. The van der Waals surface area contributed by atoms with Crippen molar-refractivity contribution in [3.63, 3.8) is 0 Å². The molecule has 4 aromatic carbocycles. The molecule has 4 rings (SSSR count). The number of fused-ring (bicyclic) bond motifs is 1. The second kappa shape index (κ2) is 13.6. The number of hydrogen-bond acceptors (Lipinski definition) is 3. The van der Waals surface area contributed by atoms with Crippen molar-refractivity contribution in [2.45, 2.75) is 67.7 Å². The number of rotatable bonds is 8. The van der Waals surface area contributed by atoms with E-state index in [0.29, 0.717) is 11.5 Å². The minimum absolute atomic E-state index is 0.597. The third kappa shape index (κ3) is 8.37. The van der Waals surface area contributed by atoms with Crippen molar-refractivity contribution in [1.82, 2.24) is 0 Å². The largest absolute Gasteiger partial charge is 0.808 e. The lowest BCUT2D eigenvalue weighted by molar-refractivity contribution is -0.849. The van der Waals surface area contributed by atoms with Gasteiger partial charge in [-0.15, -0.1) is 0 Å². The monoisotopic (exact) mass is 553 g/mol. The molecule has 0 radical (unpaired) electrons. The van der Waals surface area contributed by atoms with E-state index >= 15 is 0 Å². The lowest BCUT2D eigenvalue weighted by Crippen LogP contribution is -2.44. The van der Waals surface area contributed by atoms with Gasteiger partial charge in [-0.25, -0.2) is 0 Å². The Morgan fingerprint density at radius 1 is 0.732 bits per heavy atom. The fourth-order valence-electron chi connectivity index (χ4n) is 5.53. The molecule has 0 aliphatic heterocycles. The van der Waals surface area contributed by atoms with Crippen molar-refractivity contribution in [2.75, 3.05) is 28.2 Å². The summed E-state index contributed by atoms with van der Waals surface area (Å²) in [6.45, 7) is 14.4. The van der Waals surface area contributed by atoms with E-state index in [1.165, 1.54) is 27.5 Å². The van der Waals surface area contributed by atoms with Crippen LogP contribution in [0.15, 0.2) is 54.6 Å². The Labute approximate surface area is 248 Å². The standard InChI is InChI=1S/C32H36BO3.C4H12N/c1-8-9-13-28-27-14-11-10-12-26(27)15-16-29(28)30-21(3)19-24(6)32(25(30)7)36-33(34)35-31-22(4)17-20(2)18-23(31)5;1-5(2,3)4/h10-12,14-19H,8-9,13H2,1-7H3;1-4H3/q-1;+1. The molecule has 0 aliphatic carbocycles. The zero-order valence-electron chi connectivity index (χ0n) is 27.1. The number of unbranched alkanes of at least 4 members (excludes halogenated alkanes) is 1. The third-order valence-electron chi connectivity index (χ3n) is 7.02. The highest BCUT2D eigenvalue weighted by Gasteiger charge is 2.20. The molecular weight excluding hydrogens is 505 g/mol. The lowest BCUT2D eigenvalue weighted by atomic mass is 9.86. The van der Waals surface area contributed by atoms with Gasteiger partial charge in [-0.2, -0.15) is 0 Å². The minimum atomic E-state index is -1.66. The van der Waals surface area contributed by atoms with Crippen LogP contribution in [0.3, 0.4) is 0 Å². The molecule has 0 heterocycles. The summed E-state index contributed by atoms with van der Waals surface area (Å²) in [6, 6.07) is 19.2. The Morgan fingerprint density at radius 2 is 1.29 bits per heavy atom. The van der Waals surface area contributed by atoms with Crippen LogP contribution in [0.4, 0.5) is 0 Å². The first-order chi connectivity index (χ1) is 19.2. The summed E-state index contributed by atoms with van der Waals surface area (Å²) in [5, 5.41) is 15.6. The SMILES string of the molecule is CCCCc1c(-c2c(C)cc(C)c(OB([O-])Oc3c(C)cc(C)cc3C)c2C)ccc2ccccc12.C[N+](C)(C)C. The molecule has 0 fully saturated rings. The van der Waals surface area contributed by atoms with Gasteiger partial charge in [0.2, 0.25) is 0 Å². The minimum Gasteiger partial charge on any atom is -0.808 e. The molecule has 5 heteroatoms. The van der Waals surface area contributed by atoms with Gasteiger partial charge in [-0.1, -0.05) is 73.5 Å². The van der Waals surface area contributed by atoms with Crippen LogP contribution >= 0.6 is 0 Å². The Kier molecular flexibility index (Phi) is 10.7. The van der Waals surface area contributed by atoms with E-state index in [0.717, 1.165) is 57.1 Å². The van der Waals surface area contributed by atoms with Crippen LogP contribution in [0.25, 0.3) is 21.9 Å². The third-order valence-corrected chi connectivity index (χ3v) is 7.02. The molecule has 0 spiro atoms. The molecule has 0 saturated carbocycles. The summed E-state index contributed by atoms with van der Waals surface area (Å²) < 4.78 is 12.7. The molecule has 218 valence electrons. The van der Waals surface area contributed by atoms with Gasteiger partial charge < -0.3 is 18.8 Å². The summed E-state index contributed by atoms with van der Waals surface area (Å²) in [5.74, 6) is 1.20. The number of nitrogens with zero attached hydrogens (tertiary/aromatic N) is 1. The highest BCUT2D eigenvalue weighted by Crippen LogP contribution is 2.40. The predicted molar refractivity (Wildman–Crippen MR) is 174 cm³/mol. The maximum absolute atomic E-state index is 13.0. The van der Waals surface area contributed by atoms with Crippen molar-refractivity contribution in [1.29, 1.82) is 0 Å². The second-order valence-electron chi connectivity index (χ2n) is 12.7. The molecule has 0 amide bonds. The fraction of sp³-hybridized carbons (Fsp3) is 0.389. The summed E-state index contributed by atoms with van der Waals surface area (Å²) in [4.78, 5) is 0. The molecule has 0 saturated heterocycles. The summed E-state index contributed by atoms with van der Waals surface area (Å²) in [7, 11) is 6.84. The molecule has 0 atom stereocenters. The number of hydrogen-bond donors (Lipinski definition) is 0. The summed E-state index contributed by atoms with van der Waals surface area (Å²) in [6.07, 6.45) is 3.27. The molecule has 0 aromatic heterocycles. The van der Waals surface area contributed by atoms with Crippen LogP contribution in [-0.4, -0.2) is 40.0 Å². The lowest BCUT2D eigenvalue weighted by Gasteiger charge is -2.27. The van der Waals surface area contributed by atoms with Crippen LogP contribution in [0, 0.1) is 41.5 Å². The maximum atomic E-state index is 13.0. The van der Waals surface area contributed by atoms with Gasteiger partial charge in [0.25, 0.3) is 0 Å². The van der Waals surface area contributed by atoms with Gasteiger partial charge in [-0.3, -0.25) is 0 Å². The predicted octanol–water partition coefficient (Wildman–Crippen LogP) is 7.83. The van der Waals surface area contributed by atoms with Crippen molar-refractivity contribution in [3.05, 3.63) is 93.5 Å². The zero-order valence-corrected chi connectivity index (χ0v) is 27.1. The highest BCUT2D eigenvalue weighted by atomic mass is 16.7. The maximum Gasteiger partial charge on any atom is 0.492 e. The topological polar surface area (TPSA) is 41.5 Å². The number of quaternary nitrogens is 1. The van der Waals surface area contributed by atoms with Gasteiger partial charge in [0.1, 0.15) is 11.5 Å². The molecule has 0 unspecified atom stereocenters. The molecule has 4 nitrogen and oxygen atoms in total. The van der Waals surface area contributed by atoms with Gasteiger partial charge in [0, 0.05) is 0 Å². The van der Waals surface area contributed by atoms with E-state index in [9.17, 15) is 5.02 Å². The van der Waals surface area contributed by atoms with E-state index in [2.05, 4.69) is 91.4 Å². The highest BCUT2D eigenvalue weighted by molar-refractivity contribution is 6.35. The van der Waals surface area contributed by atoms with Crippen molar-refractivity contribution >= 4 is 18.1 Å². The molecule has 0 N–H and O–H groups in total. The first-order valence-electron chi connectivity index (χ1n) is 14.7. The van der Waals surface area contributed by atoms with E-state index in [1.54, 1.807) is 0 Å². The van der Waals surface area contributed by atoms with Crippen LogP contribution in [0.5, 0.6) is 11.5 Å². The van der Waals surface area contributed by atoms with Gasteiger partial charge in [0.05, 0.1) is 28.2 Å². The number of aryl methyl sites for hydroxylation is 6. The summed E-state index contributed by atoms with van der Waals surface area (Å²) in [5.41, 5.74) is 9.82. The first kappa shape index (κ1) is 32.2. The van der Waals surface area contributed by atoms with Crippen LogP contribution in [-0.2, 0) is 6.42 Å². The van der Waals surface area contributed by atoms with E-state index < -0.39 is 7.32 Å². The first-order valence-corrected chi connectivity index (χ1v) is 14.7. The second-order valence-corrected chi connectivity index (χ2v) is 12.7. The van der Waals surface area contributed by atoms with Crippen molar-refractivity contribution in [3.8, 4) is 22.6 Å². The molecule has 4 aromatic rings. The average molecular weight is 554 g/mol. The Hall–Kier alpha value is -3.28. The smallest absolute Gasteiger partial charge is 0.492 e. The van der Waals surface area contributed by atoms with Gasteiger partial charge in [0.15, 0.2) is 0 Å². The number of benzene rings is 4. The Bertz CT molecular complexity index is 1470. The zero-order chi connectivity index (χ0) is 30.5. The molecule has 0 aliphatic rings. The van der Waals surface area contributed by atoms with Crippen LogP contribution in [0.2, 0.25) is 0 Å². The average Bonchev–Trinajstić information content (AvgIpc) is 2.86. The van der Waals surface area contributed by atoms with E-state index in [-0.39, 0.29) is 0 Å². The Balaban J connectivity index is 0.000000850. The van der Waals surface area contributed by atoms with Gasteiger partial charge in [-0.05, 0) is 110 Å². The van der Waals surface area contributed by atoms with E-state index in [1.807, 2.05) is 39.8 Å². The van der Waals surface area contributed by atoms with Crippen molar-refractivity contribution < 1.29 is 18.8 Å². The normalized spacial score (nSPS) is 11.2. The van der Waals surface area contributed by atoms with Gasteiger partial charge >= 0.3 is 7.32 Å².